The molecule has 2 heterocycles. The molecule has 0 bridgehead atoms. The highest BCUT2D eigenvalue weighted by atomic mass is 16.5. The van der Waals surface area contributed by atoms with Crippen LogP contribution in [0.3, 0.4) is 0 Å². The molecule has 2 aromatic heterocycles. The van der Waals surface area contributed by atoms with Gasteiger partial charge >= 0.3 is 0 Å². The maximum absolute atomic E-state index is 13.1. The van der Waals surface area contributed by atoms with Crippen LogP contribution in [0.2, 0.25) is 0 Å². The summed E-state index contributed by atoms with van der Waals surface area (Å²) in [4.78, 5) is 18.7. The Bertz CT molecular complexity index is 1090. The second-order valence-electron chi connectivity index (χ2n) is 6.90. The standard InChI is InChI=1S/C23H22N4O3/c1-17(18-8-10-20(11-9-18)27-16-24-15-25-27)26(2)23(28)22-19(12-13-29-22)14-30-21-6-4-3-5-7-21/h3-13,15-17H,14H2,1-2H3/t17-/m1/s1. The lowest BCUT2D eigenvalue weighted by molar-refractivity contribution is 0.0706. The smallest absolute Gasteiger partial charge is 0.290 e. The quantitative estimate of drug-likeness (QED) is 0.461. The first-order chi connectivity index (χ1) is 14.6. The van der Waals surface area contributed by atoms with E-state index in [1.807, 2.05) is 61.5 Å². The van der Waals surface area contributed by atoms with Crippen LogP contribution >= 0.6 is 0 Å². The van der Waals surface area contributed by atoms with E-state index >= 15 is 0 Å². The van der Waals surface area contributed by atoms with Crippen LogP contribution < -0.4 is 4.74 Å². The Morgan fingerprint density at radius 1 is 1.13 bits per heavy atom. The summed E-state index contributed by atoms with van der Waals surface area (Å²) in [5.74, 6) is 0.838. The van der Waals surface area contributed by atoms with Crippen molar-refractivity contribution in [3.05, 3.63) is 96.5 Å². The summed E-state index contributed by atoms with van der Waals surface area (Å²) in [6, 6.07) is 19.0. The molecule has 1 atom stereocenters. The highest BCUT2D eigenvalue weighted by Crippen LogP contribution is 2.24. The van der Waals surface area contributed by atoms with Gasteiger partial charge in [-0.1, -0.05) is 30.3 Å². The molecule has 30 heavy (non-hydrogen) atoms. The summed E-state index contributed by atoms with van der Waals surface area (Å²) >= 11 is 0. The van der Waals surface area contributed by atoms with Gasteiger partial charge in [-0.3, -0.25) is 4.79 Å². The molecule has 2 aromatic carbocycles. The second-order valence-corrected chi connectivity index (χ2v) is 6.90. The minimum absolute atomic E-state index is 0.143. The molecule has 0 saturated carbocycles. The predicted octanol–water partition coefficient (Wildman–Crippen LogP) is 4.27. The average Bonchev–Trinajstić information content (AvgIpc) is 3.49. The van der Waals surface area contributed by atoms with Gasteiger partial charge < -0.3 is 14.1 Å². The number of aromatic nitrogens is 3. The number of para-hydroxylation sites is 1. The van der Waals surface area contributed by atoms with E-state index in [1.165, 1.54) is 12.6 Å². The van der Waals surface area contributed by atoms with E-state index in [2.05, 4.69) is 10.1 Å². The fourth-order valence-electron chi connectivity index (χ4n) is 3.12. The Kier molecular flexibility index (Phi) is 5.61. The maximum Gasteiger partial charge on any atom is 0.290 e. The number of benzene rings is 2. The summed E-state index contributed by atoms with van der Waals surface area (Å²) < 4.78 is 13.0. The molecule has 0 N–H and O–H groups in total. The van der Waals surface area contributed by atoms with E-state index < -0.39 is 0 Å². The van der Waals surface area contributed by atoms with Crippen LogP contribution in [-0.4, -0.2) is 32.6 Å². The van der Waals surface area contributed by atoms with E-state index in [0.717, 1.165) is 17.0 Å². The number of carbonyl (C=O) groups is 1. The highest BCUT2D eigenvalue weighted by molar-refractivity contribution is 5.93. The molecule has 0 fully saturated rings. The van der Waals surface area contributed by atoms with Crippen LogP contribution in [0, 0.1) is 0 Å². The van der Waals surface area contributed by atoms with Crippen LogP contribution in [0.15, 0.2) is 84.0 Å². The van der Waals surface area contributed by atoms with Gasteiger partial charge in [-0.15, -0.1) is 0 Å². The Labute approximate surface area is 174 Å². The van der Waals surface area contributed by atoms with Crippen LogP contribution in [0.5, 0.6) is 5.75 Å². The number of rotatable bonds is 7. The molecule has 0 radical (unpaired) electrons. The number of furan rings is 1. The summed E-state index contributed by atoms with van der Waals surface area (Å²) in [6.45, 7) is 2.24. The number of hydrogen-bond donors (Lipinski definition) is 0. The summed E-state index contributed by atoms with van der Waals surface area (Å²) in [5.41, 5.74) is 2.62. The Morgan fingerprint density at radius 3 is 2.60 bits per heavy atom. The molecule has 7 heteroatoms. The first-order valence-corrected chi connectivity index (χ1v) is 9.60. The largest absolute Gasteiger partial charge is 0.489 e. The van der Waals surface area contributed by atoms with Gasteiger partial charge in [-0.25, -0.2) is 9.67 Å². The minimum Gasteiger partial charge on any atom is -0.489 e. The fraction of sp³-hybridized carbons (Fsp3) is 0.174. The van der Waals surface area contributed by atoms with Crippen molar-refractivity contribution in [2.45, 2.75) is 19.6 Å². The molecular weight excluding hydrogens is 380 g/mol. The van der Waals surface area contributed by atoms with Crippen molar-refractivity contribution in [2.24, 2.45) is 0 Å². The van der Waals surface area contributed by atoms with Crippen molar-refractivity contribution in [3.8, 4) is 11.4 Å². The van der Waals surface area contributed by atoms with Gasteiger partial charge in [-0.05, 0) is 42.8 Å². The maximum atomic E-state index is 13.1. The zero-order valence-corrected chi connectivity index (χ0v) is 16.8. The molecular formula is C23H22N4O3. The van der Waals surface area contributed by atoms with Gasteiger partial charge in [0.1, 0.15) is 25.0 Å². The summed E-state index contributed by atoms with van der Waals surface area (Å²) in [6.07, 6.45) is 4.65. The van der Waals surface area contributed by atoms with Crippen molar-refractivity contribution >= 4 is 5.91 Å². The molecule has 7 nitrogen and oxygen atoms in total. The van der Waals surface area contributed by atoms with Gasteiger partial charge in [0.15, 0.2) is 5.76 Å². The van der Waals surface area contributed by atoms with Crippen molar-refractivity contribution in [1.29, 1.82) is 0 Å². The fourth-order valence-corrected chi connectivity index (χ4v) is 3.12. The van der Waals surface area contributed by atoms with E-state index in [0.29, 0.717) is 11.3 Å². The minimum atomic E-state index is -0.195. The molecule has 0 aliphatic carbocycles. The average molecular weight is 402 g/mol. The molecule has 152 valence electrons. The molecule has 0 spiro atoms. The molecule has 4 rings (SSSR count). The monoisotopic (exact) mass is 402 g/mol. The van der Waals surface area contributed by atoms with E-state index in [-0.39, 0.29) is 18.6 Å². The van der Waals surface area contributed by atoms with E-state index in [4.69, 9.17) is 9.15 Å². The Balaban J connectivity index is 1.45. The predicted molar refractivity (Wildman–Crippen MR) is 111 cm³/mol. The number of hydrogen-bond acceptors (Lipinski definition) is 5. The van der Waals surface area contributed by atoms with Crippen molar-refractivity contribution in [3.63, 3.8) is 0 Å². The van der Waals surface area contributed by atoms with Gasteiger partial charge in [0.25, 0.3) is 5.91 Å². The van der Waals surface area contributed by atoms with Gasteiger partial charge in [0.05, 0.1) is 18.0 Å². The number of ether oxygens (including phenoxy) is 1. The lowest BCUT2D eigenvalue weighted by Crippen LogP contribution is -2.30. The third-order valence-electron chi connectivity index (χ3n) is 5.04. The lowest BCUT2D eigenvalue weighted by atomic mass is 10.1. The normalized spacial score (nSPS) is 11.8. The number of nitrogens with zero attached hydrogens (tertiary/aromatic N) is 4. The Morgan fingerprint density at radius 2 is 1.90 bits per heavy atom. The van der Waals surface area contributed by atoms with E-state index in [9.17, 15) is 4.79 Å². The zero-order chi connectivity index (χ0) is 20.9. The van der Waals surface area contributed by atoms with Gasteiger partial charge in [0, 0.05) is 12.6 Å². The van der Waals surface area contributed by atoms with Gasteiger partial charge in [0.2, 0.25) is 0 Å². The molecule has 1 amide bonds. The van der Waals surface area contributed by atoms with Crippen LogP contribution in [0.25, 0.3) is 5.69 Å². The zero-order valence-electron chi connectivity index (χ0n) is 16.8. The molecule has 0 aliphatic heterocycles. The lowest BCUT2D eigenvalue weighted by Gasteiger charge is -2.25. The van der Waals surface area contributed by atoms with Crippen molar-refractivity contribution in [2.75, 3.05) is 7.05 Å². The third-order valence-corrected chi connectivity index (χ3v) is 5.04. The SMILES string of the molecule is C[C@H](c1ccc(-n2cncn2)cc1)N(C)C(=O)c1occc1COc1ccccc1. The van der Waals surface area contributed by atoms with Gasteiger partial charge in [-0.2, -0.15) is 5.10 Å². The van der Waals surface area contributed by atoms with Crippen LogP contribution in [0.1, 0.15) is 34.6 Å². The summed E-state index contributed by atoms with van der Waals surface area (Å²) in [7, 11) is 1.77. The first-order valence-electron chi connectivity index (χ1n) is 9.60. The van der Waals surface area contributed by atoms with Crippen molar-refractivity contribution < 1.29 is 13.9 Å². The third kappa shape index (κ3) is 4.10. The molecule has 0 saturated heterocycles. The van der Waals surface area contributed by atoms with E-state index in [1.54, 1.807) is 29.0 Å². The highest BCUT2D eigenvalue weighted by Gasteiger charge is 2.24. The molecule has 0 aliphatic rings. The summed E-state index contributed by atoms with van der Waals surface area (Å²) in [5, 5.41) is 4.12. The number of amides is 1. The van der Waals surface area contributed by atoms with Crippen molar-refractivity contribution in [1.82, 2.24) is 19.7 Å². The van der Waals surface area contributed by atoms with Crippen LogP contribution in [-0.2, 0) is 6.61 Å². The number of carbonyl (C=O) groups excluding carboxylic acids is 1. The Hall–Kier alpha value is -3.87. The topological polar surface area (TPSA) is 73.4 Å². The van der Waals surface area contributed by atoms with Crippen LogP contribution in [0.4, 0.5) is 0 Å². The molecule has 4 aromatic rings. The first kappa shape index (κ1) is 19.4. The second kappa shape index (κ2) is 8.65. The molecule has 0 unspecified atom stereocenters.